The van der Waals surface area contributed by atoms with Crippen molar-refractivity contribution >= 4 is 34.9 Å². The molecule has 0 bridgehead atoms. The molecule has 0 aliphatic heterocycles. The van der Waals surface area contributed by atoms with Gasteiger partial charge < -0.3 is 15.2 Å². The molecule has 0 saturated heterocycles. The van der Waals surface area contributed by atoms with Gasteiger partial charge in [0.1, 0.15) is 18.5 Å². The molecule has 132 valence electrons. The summed E-state index contributed by atoms with van der Waals surface area (Å²) < 4.78 is 11.3. The number of ether oxygens (including phenoxy) is 2. The Morgan fingerprint density at radius 3 is 2.60 bits per heavy atom. The number of anilines is 1. The van der Waals surface area contributed by atoms with Gasteiger partial charge in [-0.2, -0.15) is 0 Å². The number of hydrogen-bond acceptors (Lipinski definition) is 4. The standard InChI is InChI=1S/C19H19Cl2NO3/c20-14-7-5-13(16(21)10-14)11-24-18-9-12(6-8-17(18)22)19(23)25-15-3-1-2-4-15/h5-10,15H,1-4,11,22H2. The van der Waals surface area contributed by atoms with Gasteiger partial charge in [-0.05, 0) is 56.0 Å². The highest BCUT2D eigenvalue weighted by molar-refractivity contribution is 6.35. The third-order valence-corrected chi connectivity index (χ3v) is 4.81. The summed E-state index contributed by atoms with van der Waals surface area (Å²) in [6.45, 7) is 0.224. The van der Waals surface area contributed by atoms with Gasteiger partial charge in [-0.1, -0.05) is 29.3 Å². The summed E-state index contributed by atoms with van der Waals surface area (Å²) in [6.07, 6.45) is 4.09. The van der Waals surface area contributed by atoms with Crippen molar-refractivity contribution in [3.8, 4) is 5.75 Å². The summed E-state index contributed by atoms with van der Waals surface area (Å²) in [5.74, 6) is 0.0770. The largest absolute Gasteiger partial charge is 0.487 e. The van der Waals surface area contributed by atoms with Crippen LogP contribution >= 0.6 is 23.2 Å². The maximum absolute atomic E-state index is 12.3. The van der Waals surface area contributed by atoms with E-state index in [1.54, 1.807) is 36.4 Å². The molecule has 0 aromatic heterocycles. The Hall–Kier alpha value is -1.91. The zero-order chi connectivity index (χ0) is 17.8. The molecule has 1 aliphatic carbocycles. The summed E-state index contributed by atoms with van der Waals surface area (Å²) >= 11 is 12.0. The summed E-state index contributed by atoms with van der Waals surface area (Å²) in [7, 11) is 0. The molecule has 2 aromatic rings. The van der Waals surface area contributed by atoms with Gasteiger partial charge >= 0.3 is 5.97 Å². The van der Waals surface area contributed by atoms with Crippen LogP contribution in [0, 0.1) is 0 Å². The molecular formula is C19H19Cl2NO3. The van der Waals surface area contributed by atoms with Gasteiger partial charge in [0.05, 0.1) is 11.3 Å². The van der Waals surface area contributed by atoms with Crippen molar-refractivity contribution in [3.05, 3.63) is 57.6 Å². The molecule has 0 heterocycles. The van der Waals surface area contributed by atoms with Gasteiger partial charge in [0, 0.05) is 15.6 Å². The number of nitrogen functional groups attached to an aromatic ring is 1. The van der Waals surface area contributed by atoms with E-state index in [0.29, 0.717) is 27.0 Å². The molecule has 0 atom stereocenters. The zero-order valence-corrected chi connectivity index (χ0v) is 15.1. The molecule has 0 amide bonds. The predicted octanol–water partition coefficient (Wildman–Crippen LogP) is 5.25. The van der Waals surface area contributed by atoms with E-state index in [9.17, 15) is 4.79 Å². The Kier molecular flexibility index (Phi) is 5.71. The number of rotatable bonds is 5. The Balaban J connectivity index is 1.69. The normalized spacial score (nSPS) is 14.5. The van der Waals surface area contributed by atoms with Crippen LogP contribution in [0.1, 0.15) is 41.6 Å². The van der Waals surface area contributed by atoms with E-state index < -0.39 is 0 Å². The minimum atomic E-state index is -0.346. The maximum Gasteiger partial charge on any atom is 0.338 e. The number of halogens is 2. The van der Waals surface area contributed by atoms with Gasteiger partial charge in [-0.15, -0.1) is 0 Å². The van der Waals surface area contributed by atoms with Crippen LogP contribution in [-0.4, -0.2) is 12.1 Å². The second-order valence-electron chi connectivity index (χ2n) is 6.09. The van der Waals surface area contributed by atoms with E-state index in [4.69, 9.17) is 38.4 Å². The van der Waals surface area contributed by atoms with Crippen molar-refractivity contribution in [2.75, 3.05) is 5.73 Å². The first-order valence-corrected chi connectivity index (χ1v) is 8.96. The second-order valence-corrected chi connectivity index (χ2v) is 6.93. The average Bonchev–Trinajstić information content (AvgIpc) is 3.08. The molecule has 3 rings (SSSR count). The van der Waals surface area contributed by atoms with Crippen LogP contribution in [0.2, 0.25) is 10.0 Å². The Morgan fingerprint density at radius 2 is 1.88 bits per heavy atom. The predicted molar refractivity (Wildman–Crippen MR) is 99.3 cm³/mol. The van der Waals surface area contributed by atoms with Crippen LogP contribution in [0.15, 0.2) is 36.4 Å². The lowest BCUT2D eigenvalue weighted by Crippen LogP contribution is -2.15. The highest BCUT2D eigenvalue weighted by Gasteiger charge is 2.20. The van der Waals surface area contributed by atoms with Gasteiger partial charge in [0.25, 0.3) is 0 Å². The first-order valence-electron chi connectivity index (χ1n) is 8.20. The summed E-state index contributed by atoms with van der Waals surface area (Å²) in [4.78, 5) is 12.3. The van der Waals surface area contributed by atoms with Crippen molar-refractivity contribution in [3.63, 3.8) is 0 Å². The van der Waals surface area contributed by atoms with Gasteiger partial charge in [-0.3, -0.25) is 0 Å². The number of hydrogen-bond donors (Lipinski definition) is 1. The highest BCUT2D eigenvalue weighted by atomic mass is 35.5. The third-order valence-electron chi connectivity index (χ3n) is 4.22. The fraction of sp³-hybridized carbons (Fsp3) is 0.316. The Morgan fingerprint density at radius 1 is 1.12 bits per heavy atom. The lowest BCUT2D eigenvalue weighted by molar-refractivity contribution is 0.0317. The number of carbonyl (C=O) groups is 1. The zero-order valence-electron chi connectivity index (χ0n) is 13.6. The Labute approximate surface area is 156 Å². The molecule has 4 nitrogen and oxygen atoms in total. The molecule has 6 heteroatoms. The fourth-order valence-corrected chi connectivity index (χ4v) is 3.27. The number of nitrogens with two attached hydrogens (primary N) is 1. The van der Waals surface area contributed by atoms with Crippen molar-refractivity contribution in [1.29, 1.82) is 0 Å². The quantitative estimate of drug-likeness (QED) is 0.568. The molecule has 2 aromatic carbocycles. The molecule has 1 fully saturated rings. The number of esters is 1. The molecule has 2 N–H and O–H groups in total. The average molecular weight is 380 g/mol. The fourth-order valence-electron chi connectivity index (χ4n) is 2.81. The van der Waals surface area contributed by atoms with E-state index >= 15 is 0 Å². The summed E-state index contributed by atoms with van der Waals surface area (Å²) in [5.41, 5.74) is 7.61. The summed E-state index contributed by atoms with van der Waals surface area (Å²) in [5, 5.41) is 1.08. The molecule has 0 spiro atoms. The number of benzene rings is 2. The first-order chi connectivity index (χ1) is 12.0. The highest BCUT2D eigenvalue weighted by Crippen LogP contribution is 2.28. The lowest BCUT2D eigenvalue weighted by atomic mass is 10.2. The Bertz CT molecular complexity index is 773. The lowest BCUT2D eigenvalue weighted by Gasteiger charge is -2.14. The van der Waals surface area contributed by atoms with Crippen LogP contribution in [0.4, 0.5) is 5.69 Å². The van der Waals surface area contributed by atoms with E-state index in [2.05, 4.69) is 0 Å². The van der Waals surface area contributed by atoms with Gasteiger partial charge in [0.2, 0.25) is 0 Å². The first kappa shape index (κ1) is 17.9. The van der Waals surface area contributed by atoms with Gasteiger partial charge in [0.15, 0.2) is 0 Å². The van der Waals surface area contributed by atoms with Crippen molar-refractivity contribution < 1.29 is 14.3 Å². The van der Waals surface area contributed by atoms with E-state index in [0.717, 1.165) is 31.2 Å². The molecule has 0 radical (unpaired) electrons. The number of carbonyl (C=O) groups excluding carboxylic acids is 1. The smallest absolute Gasteiger partial charge is 0.338 e. The molecule has 0 unspecified atom stereocenters. The SMILES string of the molecule is Nc1ccc(C(=O)OC2CCCC2)cc1OCc1ccc(Cl)cc1Cl. The van der Waals surface area contributed by atoms with Crippen LogP contribution < -0.4 is 10.5 Å². The summed E-state index contributed by atoms with van der Waals surface area (Å²) in [6, 6.07) is 10.1. The molecule has 1 aliphatic rings. The van der Waals surface area contributed by atoms with Crippen LogP contribution in [0.25, 0.3) is 0 Å². The van der Waals surface area contributed by atoms with Gasteiger partial charge in [-0.25, -0.2) is 4.79 Å². The van der Waals surface area contributed by atoms with Crippen LogP contribution in [-0.2, 0) is 11.3 Å². The monoisotopic (exact) mass is 379 g/mol. The van der Waals surface area contributed by atoms with E-state index in [1.165, 1.54) is 0 Å². The molecule has 25 heavy (non-hydrogen) atoms. The second kappa shape index (κ2) is 7.98. The molecular weight excluding hydrogens is 361 g/mol. The maximum atomic E-state index is 12.3. The van der Waals surface area contributed by atoms with E-state index in [1.807, 2.05) is 0 Å². The van der Waals surface area contributed by atoms with Crippen LogP contribution in [0.3, 0.4) is 0 Å². The van der Waals surface area contributed by atoms with Crippen LogP contribution in [0.5, 0.6) is 5.75 Å². The van der Waals surface area contributed by atoms with Crippen molar-refractivity contribution in [2.24, 2.45) is 0 Å². The topological polar surface area (TPSA) is 61.6 Å². The molecule has 1 saturated carbocycles. The van der Waals surface area contributed by atoms with Crippen molar-refractivity contribution in [1.82, 2.24) is 0 Å². The van der Waals surface area contributed by atoms with E-state index in [-0.39, 0.29) is 18.7 Å². The van der Waals surface area contributed by atoms with Crippen molar-refractivity contribution in [2.45, 2.75) is 38.4 Å². The minimum Gasteiger partial charge on any atom is -0.487 e. The third kappa shape index (κ3) is 4.59. The minimum absolute atomic E-state index is 0.0160.